The van der Waals surface area contributed by atoms with Gasteiger partial charge in [0.2, 0.25) is 0 Å². The number of hydrogen-bond donors (Lipinski definition) is 1. The fourth-order valence-corrected chi connectivity index (χ4v) is 5.42. The first-order valence-electron chi connectivity index (χ1n) is 11.3. The number of nitrogens with two attached hydrogens (primary N) is 1. The topological polar surface area (TPSA) is 79.5 Å². The summed E-state index contributed by atoms with van der Waals surface area (Å²) in [6, 6.07) is 15.4. The van der Waals surface area contributed by atoms with Crippen LogP contribution in [-0.4, -0.2) is 35.8 Å². The van der Waals surface area contributed by atoms with Crippen molar-refractivity contribution in [2.45, 2.75) is 44.4 Å². The van der Waals surface area contributed by atoms with Crippen molar-refractivity contribution in [1.82, 2.24) is 9.29 Å². The Hall–Kier alpha value is -3.18. The van der Waals surface area contributed by atoms with Gasteiger partial charge in [-0.25, -0.2) is 12.8 Å². The number of benzene rings is 2. The van der Waals surface area contributed by atoms with Crippen LogP contribution < -0.4 is 10.6 Å². The van der Waals surface area contributed by atoms with Crippen molar-refractivity contribution in [1.29, 1.82) is 0 Å². The summed E-state index contributed by atoms with van der Waals surface area (Å²) in [6.07, 6.45) is 1.89. The summed E-state index contributed by atoms with van der Waals surface area (Å²) in [5.41, 5.74) is 3.33. The van der Waals surface area contributed by atoms with Crippen molar-refractivity contribution in [3.8, 4) is 0 Å². The van der Waals surface area contributed by atoms with Crippen LogP contribution in [-0.2, 0) is 29.5 Å². The molecule has 1 atom stereocenters. The highest BCUT2D eigenvalue weighted by Gasteiger charge is 2.51. The predicted octanol–water partition coefficient (Wildman–Crippen LogP) is 4.78. The summed E-state index contributed by atoms with van der Waals surface area (Å²) in [4.78, 5) is 5.97. The van der Waals surface area contributed by atoms with Crippen molar-refractivity contribution in [3.05, 3.63) is 89.0 Å². The average molecular weight is 523 g/mol. The Labute approximate surface area is 207 Å². The molecule has 0 saturated carbocycles. The molecule has 2 aromatic carbocycles. The van der Waals surface area contributed by atoms with Gasteiger partial charge < -0.3 is 10.6 Å². The van der Waals surface area contributed by atoms with Gasteiger partial charge in [-0.3, -0.25) is 4.98 Å². The van der Waals surface area contributed by atoms with E-state index in [1.54, 1.807) is 25.1 Å². The van der Waals surface area contributed by atoms with Crippen LogP contribution in [0.2, 0.25) is 0 Å². The molecule has 6 nitrogen and oxygen atoms in total. The van der Waals surface area contributed by atoms with Gasteiger partial charge in [0.05, 0.1) is 24.1 Å². The molecule has 0 radical (unpaired) electrons. The molecular formula is C25H26F4N4O2S. The van der Waals surface area contributed by atoms with Crippen LogP contribution in [0.4, 0.5) is 28.9 Å². The van der Waals surface area contributed by atoms with Crippen LogP contribution in [0.3, 0.4) is 0 Å². The zero-order chi connectivity index (χ0) is 26.1. The molecule has 0 spiro atoms. The minimum absolute atomic E-state index is 0.0959. The normalized spacial score (nSPS) is 17.0. The Kier molecular flexibility index (Phi) is 7.24. The third-order valence-corrected chi connectivity index (χ3v) is 7.94. The van der Waals surface area contributed by atoms with Gasteiger partial charge in [-0.15, -0.1) is 0 Å². The largest absolute Gasteiger partial charge is 0.511 e. The van der Waals surface area contributed by atoms with Crippen molar-refractivity contribution < 1.29 is 26.0 Å². The summed E-state index contributed by atoms with van der Waals surface area (Å²) in [6.45, 7) is 1.05. The van der Waals surface area contributed by atoms with E-state index in [0.717, 1.165) is 11.8 Å². The molecule has 3 aromatic rings. The van der Waals surface area contributed by atoms with Crippen molar-refractivity contribution in [2.24, 2.45) is 0 Å². The Morgan fingerprint density at radius 2 is 1.83 bits per heavy atom. The maximum atomic E-state index is 13.7. The number of aromatic nitrogens is 1. The zero-order valence-electron chi connectivity index (χ0n) is 19.5. The fraction of sp³-hybridized carbons (Fsp3) is 0.320. The molecule has 1 aliphatic rings. The lowest BCUT2D eigenvalue weighted by molar-refractivity contribution is -0.0492. The van der Waals surface area contributed by atoms with E-state index >= 15 is 0 Å². The third kappa shape index (κ3) is 5.31. The van der Waals surface area contributed by atoms with E-state index in [0.29, 0.717) is 39.7 Å². The maximum Gasteiger partial charge on any atom is 0.511 e. The number of pyridine rings is 1. The number of anilines is 2. The number of nitrogens with zero attached hydrogens (tertiary/aromatic N) is 3. The first-order valence-corrected chi connectivity index (χ1v) is 12.8. The van der Waals surface area contributed by atoms with E-state index in [1.165, 1.54) is 6.07 Å². The molecule has 2 N–H and O–H groups in total. The summed E-state index contributed by atoms with van der Waals surface area (Å²) in [5.74, 6) is -0.672. The van der Waals surface area contributed by atoms with E-state index in [4.69, 9.17) is 5.73 Å². The Morgan fingerprint density at radius 1 is 1.11 bits per heavy atom. The molecule has 0 saturated heterocycles. The lowest BCUT2D eigenvalue weighted by Crippen LogP contribution is -2.47. The van der Waals surface area contributed by atoms with Crippen LogP contribution in [0.1, 0.15) is 28.8 Å². The molecule has 36 heavy (non-hydrogen) atoms. The van der Waals surface area contributed by atoms with Crippen LogP contribution >= 0.6 is 0 Å². The van der Waals surface area contributed by atoms with Gasteiger partial charge in [-0.1, -0.05) is 42.5 Å². The van der Waals surface area contributed by atoms with Gasteiger partial charge in [0.25, 0.3) is 0 Å². The number of rotatable bonds is 6. The molecule has 4 rings (SSSR count). The van der Waals surface area contributed by atoms with Crippen molar-refractivity contribution >= 4 is 21.4 Å². The monoisotopic (exact) mass is 522 g/mol. The number of fused-ring (bicyclic) bond motifs is 1. The highest BCUT2D eigenvalue weighted by Crippen LogP contribution is 2.37. The van der Waals surface area contributed by atoms with E-state index < -0.39 is 33.9 Å². The molecule has 0 aliphatic carbocycles. The summed E-state index contributed by atoms with van der Waals surface area (Å²) in [7, 11) is -5.59. The summed E-state index contributed by atoms with van der Waals surface area (Å²) >= 11 is 0. The first-order chi connectivity index (χ1) is 17.0. The molecule has 0 amide bonds. The molecule has 1 aromatic heterocycles. The van der Waals surface area contributed by atoms with Crippen LogP contribution in [0, 0.1) is 12.7 Å². The molecule has 192 valence electrons. The number of aryl methyl sites for hydroxylation is 2. The molecule has 1 aliphatic heterocycles. The molecule has 0 unspecified atom stereocenters. The van der Waals surface area contributed by atoms with Gasteiger partial charge in [0.1, 0.15) is 0 Å². The van der Waals surface area contributed by atoms with Gasteiger partial charge in [-0.2, -0.15) is 17.5 Å². The fourth-order valence-electron chi connectivity index (χ4n) is 4.46. The van der Waals surface area contributed by atoms with E-state index in [-0.39, 0.29) is 18.8 Å². The highest BCUT2D eigenvalue weighted by atomic mass is 32.2. The Bertz CT molecular complexity index is 1330. The smallest absolute Gasteiger partial charge is 0.396 e. The zero-order valence-corrected chi connectivity index (χ0v) is 20.4. The minimum atomic E-state index is -5.59. The summed E-state index contributed by atoms with van der Waals surface area (Å²) in [5, 5.41) is 0. The van der Waals surface area contributed by atoms with Gasteiger partial charge in [0.15, 0.2) is 5.82 Å². The van der Waals surface area contributed by atoms with Gasteiger partial charge in [0, 0.05) is 24.8 Å². The molecular weight excluding hydrogens is 496 g/mol. The van der Waals surface area contributed by atoms with Crippen LogP contribution in [0.5, 0.6) is 0 Å². The van der Waals surface area contributed by atoms with E-state index in [9.17, 15) is 26.0 Å². The second kappa shape index (κ2) is 10.1. The predicted molar refractivity (Wildman–Crippen MR) is 130 cm³/mol. The van der Waals surface area contributed by atoms with Crippen LogP contribution in [0.25, 0.3) is 0 Å². The summed E-state index contributed by atoms with van der Waals surface area (Å²) < 4.78 is 80.3. The number of halogens is 4. The van der Waals surface area contributed by atoms with Crippen molar-refractivity contribution in [3.63, 3.8) is 0 Å². The minimum Gasteiger partial charge on any atom is -0.396 e. The molecule has 0 bridgehead atoms. The molecule has 2 heterocycles. The number of nitrogen functional groups attached to an aromatic ring is 1. The molecule has 0 fully saturated rings. The second-order valence-corrected chi connectivity index (χ2v) is 10.7. The van der Waals surface area contributed by atoms with Crippen LogP contribution in [0.15, 0.2) is 60.8 Å². The number of alkyl halides is 3. The van der Waals surface area contributed by atoms with E-state index in [1.807, 2.05) is 35.2 Å². The SMILES string of the molecule is Cc1cccc2c1CN(S(=O)(=O)C(F)(F)F)C[C@@H](CCc1ccccc1)N2Cc1cc(N)c(F)cn1. The first kappa shape index (κ1) is 25.9. The molecule has 11 heteroatoms. The van der Waals surface area contributed by atoms with Gasteiger partial charge >= 0.3 is 15.5 Å². The third-order valence-electron chi connectivity index (χ3n) is 6.40. The lowest BCUT2D eigenvalue weighted by atomic mass is 10.0. The standard InChI is InChI=1S/C25H26F4N4O2S/c1-17-6-5-9-24-21(17)16-32(36(34,35)25(27,28)29)15-20(11-10-18-7-3-2-4-8-18)33(24)14-19-12-23(30)22(26)13-31-19/h2-9,12-13,20H,10-11,14-16H2,1H3,(H2,30,31)/t20-/m1/s1. The highest BCUT2D eigenvalue weighted by molar-refractivity contribution is 7.89. The van der Waals surface area contributed by atoms with Crippen molar-refractivity contribution in [2.75, 3.05) is 17.2 Å². The van der Waals surface area contributed by atoms with E-state index in [2.05, 4.69) is 4.98 Å². The quantitative estimate of drug-likeness (QED) is 0.471. The number of sulfonamides is 1. The second-order valence-electron chi connectivity index (χ2n) is 8.82. The number of hydrogen-bond acceptors (Lipinski definition) is 5. The Balaban J connectivity index is 1.80. The maximum absolute atomic E-state index is 13.7. The average Bonchev–Trinajstić information content (AvgIpc) is 2.98. The van der Waals surface area contributed by atoms with Gasteiger partial charge in [-0.05, 0) is 48.6 Å². The Morgan fingerprint density at radius 3 is 2.50 bits per heavy atom. The lowest BCUT2D eigenvalue weighted by Gasteiger charge is -2.34.